The van der Waals surface area contributed by atoms with Gasteiger partial charge in [-0.25, -0.2) is 0 Å². The summed E-state index contributed by atoms with van der Waals surface area (Å²) >= 11 is 6.08. The van der Waals surface area contributed by atoms with Gasteiger partial charge in [-0.1, -0.05) is 69.5 Å². The number of halogens is 1. The Morgan fingerprint density at radius 1 is 1.00 bits per heavy atom. The van der Waals surface area contributed by atoms with Gasteiger partial charge in [0.05, 0.1) is 18.2 Å². The van der Waals surface area contributed by atoms with Crippen molar-refractivity contribution in [1.29, 1.82) is 0 Å². The van der Waals surface area contributed by atoms with E-state index in [1.165, 1.54) is 44.9 Å². The van der Waals surface area contributed by atoms with Gasteiger partial charge in [-0.3, -0.25) is 0 Å². The van der Waals surface area contributed by atoms with Crippen LogP contribution in [-0.2, 0) is 6.61 Å². The number of hydrogen-bond donors (Lipinski definition) is 1. The highest BCUT2D eigenvalue weighted by atomic mass is 35.5. The molecule has 1 rings (SSSR count). The number of rotatable bonds is 11. The minimum atomic E-state index is 0.0119. The van der Waals surface area contributed by atoms with Crippen LogP contribution in [0, 0.1) is 0 Å². The SMILES string of the molecule is CCCCCCCCCCOc1ccc(CO)cc1Cl. The summed E-state index contributed by atoms with van der Waals surface area (Å²) in [5.74, 6) is 0.715. The Balaban J connectivity index is 2.06. The van der Waals surface area contributed by atoms with Crippen LogP contribution in [0.1, 0.15) is 63.9 Å². The minimum absolute atomic E-state index is 0.0119. The van der Waals surface area contributed by atoms with E-state index < -0.39 is 0 Å². The van der Waals surface area contributed by atoms with Crippen molar-refractivity contribution in [3.63, 3.8) is 0 Å². The first-order valence-electron chi connectivity index (χ1n) is 7.80. The molecule has 0 atom stereocenters. The highest BCUT2D eigenvalue weighted by Gasteiger charge is 2.02. The predicted molar refractivity (Wildman–Crippen MR) is 85.5 cm³/mol. The van der Waals surface area contributed by atoms with E-state index in [-0.39, 0.29) is 6.61 Å². The molecule has 0 aliphatic rings. The van der Waals surface area contributed by atoms with E-state index >= 15 is 0 Å². The molecule has 1 aromatic carbocycles. The summed E-state index contributed by atoms with van der Waals surface area (Å²) in [6.45, 7) is 2.97. The van der Waals surface area contributed by atoms with Crippen molar-refractivity contribution in [2.75, 3.05) is 6.61 Å². The molecule has 1 aromatic rings. The second-order valence-corrected chi connectivity index (χ2v) is 5.65. The zero-order valence-electron chi connectivity index (χ0n) is 12.5. The van der Waals surface area contributed by atoms with Gasteiger partial charge in [0.1, 0.15) is 5.75 Å². The fourth-order valence-corrected chi connectivity index (χ4v) is 2.44. The van der Waals surface area contributed by atoms with E-state index in [2.05, 4.69) is 6.92 Å². The van der Waals surface area contributed by atoms with Gasteiger partial charge < -0.3 is 9.84 Å². The van der Waals surface area contributed by atoms with Gasteiger partial charge in [0.15, 0.2) is 0 Å². The lowest BCUT2D eigenvalue weighted by molar-refractivity contribution is 0.281. The maximum atomic E-state index is 9.00. The Morgan fingerprint density at radius 3 is 2.25 bits per heavy atom. The van der Waals surface area contributed by atoms with Crippen molar-refractivity contribution in [2.24, 2.45) is 0 Å². The molecule has 3 heteroatoms. The zero-order valence-corrected chi connectivity index (χ0v) is 13.3. The van der Waals surface area contributed by atoms with Crippen LogP contribution in [0.5, 0.6) is 5.75 Å². The summed E-state index contributed by atoms with van der Waals surface area (Å²) in [4.78, 5) is 0. The molecule has 0 fully saturated rings. The quantitative estimate of drug-likeness (QED) is 0.558. The minimum Gasteiger partial charge on any atom is -0.492 e. The van der Waals surface area contributed by atoms with E-state index in [4.69, 9.17) is 21.4 Å². The Kier molecular flexibility index (Phi) is 9.52. The summed E-state index contributed by atoms with van der Waals surface area (Å²) in [6, 6.07) is 5.43. The first-order valence-corrected chi connectivity index (χ1v) is 8.17. The monoisotopic (exact) mass is 298 g/mol. The molecular weight excluding hydrogens is 272 g/mol. The number of aliphatic hydroxyl groups is 1. The molecule has 0 aromatic heterocycles. The van der Waals surface area contributed by atoms with Gasteiger partial charge in [-0.2, -0.15) is 0 Å². The highest BCUT2D eigenvalue weighted by Crippen LogP contribution is 2.25. The van der Waals surface area contributed by atoms with E-state index in [9.17, 15) is 0 Å². The lowest BCUT2D eigenvalue weighted by Crippen LogP contribution is -1.98. The molecule has 0 aliphatic heterocycles. The average molecular weight is 299 g/mol. The normalized spacial score (nSPS) is 10.8. The second kappa shape index (κ2) is 11.0. The Morgan fingerprint density at radius 2 is 1.65 bits per heavy atom. The molecule has 1 N–H and O–H groups in total. The maximum Gasteiger partial charge on any atom is 0.137 e. The number of unbranched alkanes of at least 4 members (excludes halogenated alkanes) is 7. The molecule has 20 heavy (non-hydrogen) atoms. The molecule has 0 heterocycles. The third-order valence-electron chi connectivity index (χ3n) is 3.43. The zero-order chi connectivity index (χ0) is 14.6. The van der Waals surface area contributed by atoms with E-state index in [0.717, 1.165) is 12.0 Å². The van der Waals surface area contributed by atoms with Gasteiger partial charge in [-0.15, -0.1) is 0 Å². The van der Waals surface area contributed by atoms with E-state index in [0.29, 0.717) is 17.4 Å². The molecule has 0 saturated heterocycles. The van der Waals surface area contributed by atoms with Crippen LogP contribution in [0.25, 0.3) is 0 Å². The van der Waals surface area contributed by atoms with Crippen LogP contribution in [0.3, 0.4) is 0 Å². The Bertz CT molecular complexity index is 366. The largest absolute Gasteiger partial charge is 0.492 e. The summed E-state index contributed by atoms with van der Waals surface area (Å²) < 4.78 is 5.67. The first kappa shape index (κ1) is 17.3. The van der Waals surface area contributed by atoms with Crippen LogP contribution in [-0.4, -0.2) is 11.7 Å². The van der Waals surface area contributed by atoms with Crippen LogP contribution < -0.4 is 4.74 Å². The molecule has 0 aliphatic carbocycles. The molecule has 0 spiro atoms. The fourth-order valence-electron chi connectivity index (χ4n) is 2.18. The summed E-state index contributed by atoms with van der Waals surface area (Å²) in [6.07, 6.45) is 10.3. The lowest BCUT2D eigenvalue weighted by Gasteiger charge is -2.09. The number of benzene rings is 1. The summed E-state index contributed by atoms with van der Waals surface area (Å²) in [7, 11) is 0. The molecule has 0 amide bonds. The second-order valence-electron chi connectivity index (χ2n) is 5.25. The molecule has 114 valence electrons. The van der Waals surface area contributed by atoms with Crippen molar-refractivity contribution in [3.8, 4) is 5.75 Å². The molecule has 0 radical (unpaired) electrons. The predicted octanol–water partition coefficient (Wildman–Crippen LogP) is 5.35. The standard InChI is InChI=1S/C17H27ClO2/c1-2-3-4-5-6-7-8-9-12-20-17-11-10-15(14-19)13-16(17)18/h10-11,13,19H,2-9,12,14H2,1H3. The van der Waals surface area contributed by atoms with Crippen LogP contribution in [0.2, 0.25) is 5.02 Å². The topological polar surface area (TPSA) is 29.5 Å². The Hall–Kier alpha value is -0.730. The van der Waals surface area contributed by atoms with Crippen molar-refractivity contribution in [1.82, 2.24) is 0 Å². The number of hydrogen-bond acceptors (Lipinski definition) is 2. The van der Waals surface area contributed by atoms with Crippen LogP contribution in [0.4, 0.5) is 0 Å². The molecule has 2 nitrogen and oxygen atoms in total. The van der Waals surface area contributed by atoms with Gasteiger partial charge in [-0.05, 0) is 24.1 Å². The van der Waals surface area contributed by atoms with E-state index in [1.54, 1.807) is 6.07 Å². The number of ether oxygens (including phenoxy) is 1. The highest BCUT2D eigenvalue weighted by molar-refractivity contribution is 6.32. The summed E-state index contributed by atoms with van der Waals surface area (Å²) in [5.41, 5.74) is 0.814. The van der Waals surface area contributed by atoms with Crippen molar-refractivity contribution >= 4 is 11.6 Å². The van der Waals surface area contributed by atoms with Crippen molar-refractivity contribution in [3.05, 3.63) is 28.8 Å². The van der Waals surface area contributed by atoms with Crippen molar-refractivity contribution < 1.29 is 9.84 Å². The maximum absolute atomic E-state index is 9.00. The van der Waals surface area contributed by atoms with Gasteiger partial charge >= 0.3 is 0 Å². The third kappa shape index (κ3) is 7.16. The first-order chi connectivity index (χ1) is 9.77. The summed E-state index contributed by atoms with van der Waals surface area (Å²) in [5, 5.41) is 9.58. The molecule has 0 bridgehead atoms. The molecule has 0 unspecified atom stereocenters. The van der Waals surface area contributed by atoms with Gasteiger partial charge in [0, 0.05) is 0 Å². The lowest BCUT2D eigenvalue weighted by atomic mass is 10.1. The van der Waals surface area contributed by atoms with E-state index in [1.807, 2.05) is 12.1 Å². The molecule has 0 saturated carbocycles. The smallest absolute Gasteiger partial charge is 0.137 e. The third-order valence-corrected chi connectivity index (χ3v) is 3.73. The van der Waals surface area contributed by atoms with Gasteiger partial charge in [0.2, 0.25) is 0 Å². The average Bonchev–Trinajstić information content (AvgIpc) is 2.47. The van der Waals surface area contributed by atoms with Gasteiger partial charge in [0.25, 0.3) is 0 Å². The van der Waals surface area contributed by atoms with Crippen molar-refractivity contribution in [2.45, 2.75) is 64.9 Å². The number of aliphatic hydroxyl groups excluding tert-OH is 1. The Labute approximate surface area is 128 Å². The van der Waals surface area contributed by atoms with Crippen LogP contribution >= 0.6 is 11.6 Å². The molecular formula is C17H27ClO2. The van der Waals surface area contributed by atoms with Crippen LogP contribution in [0.15, 0.2) is 18.2 Å². The fraction of sp³-hybridized carbons (Fsp3) is 0.647.